The van der Waals surface area contributed by atoms with Crippen LogP contribution >= 0.6 is 15.9 Å². The summed E-state index contributed by atoms with van der Waals surface area (Å²) in [5, 5.41) is 0.504. The van der Waals surface area contributed by atoms with Crippen molar-refractivity contribution in [2.24, 2.45) is 0 Å². The molecule has 1 aliphatic heterocycles. The van der Waals surface area contributed by atoms with Gasteiger partial charge in [-0.05, 0) is 36.8 Å². The van der Waals surface area contributed by atoms with Crippen molar-refractivity contribution in [1.82, 2.24) is 4.90 Å². The second kappa shape index (κ2) is 5.60. The number of hydrogen-bond acceptors (Lipinski definition) is 3. The smallest absolute Gasteiger partial charge is 0.290 e. The standard InChI is InChI=1S/C19H14BrNO3/c1-2-21-16(11-7-9-12(20)10-8-11)15-17(22)13-5-3-4-6-14(13)24-18(15)19(21)23/h3-10,16H,2H2,1H3/t16-/m0/s1. The van der Waals surface area contributed by atoms with Crippen LogP contribution in [0.1, 0.15) is 34.6 Å². The van der Waals surface area contributed by atoms with Crippen LogP contribution in [-0.4, -0.2) is 17.4 Å². The Morgan fingerprint density at radius 1 is 1.08 bits per heavy atom. The number of carbonyl (C=O) groups excluding carboxylic acids is 1. The molecule has 3 aromatic rings. The summed E-state index contributed by atoms with van der Waals surface area (Å²) in [6, 6.07) is 14.3. The van der Waals surface area contributed by atoms with Crippen LogP contribution in [0.4, 0.5) is 0 Å². The summed E-state index contributed by atoms with van der Waals surface area (Å²) >= 11 is 3.42. The minimum Gasteiger partial charge on any atom is -0.450 e. The summed E-state index contributed by atoms with van der Waals surface area (Å²) in [4.78, 5) is 27.5. The SMILES string of the molecule is CCN1C(=O)c2oc3ccccc3c(=O)c2[C@@H]1c1ccc(Br)cc1. The number of rotatable bonds is 2. The van der Waals surface area contributed by atoms with Gasteiger partial charge in [0, 0.05) is 11.0 Å². The van der Waals surface area contributed by atoms with Crippen LogP contribution in [-0.2, 0) is 0 Å². The van der Waals surface area contributed by atoms with Crippen molar-refractivity contribution in [2.45, 2.75) is 13.0 Å². The zero-order chi connectivity index (χ0) is 16.8. The quantitative estimate of drug-likeness (QED) is 0.668. The first-order valence-electron chi connectivity index (χ1n) is 7.74. The molecule has 1 aliphatic rings. The second-order valence-corrected chi connectivity index (χ2v) is 6.63. The van der Waals surface area contributed by atoms with E-state index in [2.05, 4.69) is 15.9 Å². The zero-order valence-corrected chi connectivity index (χ0v) is 14.5. The molecule has 0 bridgehead atoms. The van der Waals surface area contributed by atoms with E-state index < -0.39 is 6.04 Å². The molecule has 4 rings (SSSR count). The molecule has 120 valence electrons. The van der Waals surface area contributed by atoms with Crippen LogP contribution in [0.5, 0.6) is 0 Å². The largest absolute Gasteiger partial charge is 0.450 e. The number of carbonyl (C=O) groups is 1. The Morgan fingerprint density at radius 3 is 2.50 bits per heavy atom. The second-order valence-electron chi connectivity index (χ2n) is 5.72. The molecular formula is C19H14BrNO3. The molecule has 0 spiro atoms. The predicted molar refractivity (Wildman–Crippen MR) is 95.2 cm³/mol. The topological polar surface area (TPSA) is 50.5 Å². The van der Waals surface area contributed by atoms with E-state index >= 15 is 0 Å². The van der Waals surface area contributed by atoms with E-state index in [4.69, 9.17) is 4.42 Å². The fourth-order valence-electron chi connectivity index (χ4n) is 3.28. The third-order valence-corrected chi connectivity index (χ3v) is 4.93. The molecule has 0 N–H and O–H groups in total. The van der Waals surface area contributed by atoms with Crippen LogP contribution in [0.3, 0.4) is 0 Å². The van der Waals surface area contributed by atoms with Gasteiger partial charge in [-0.2, -0.15) is 0 Å². The number of fused-ring (bicyclic) bond motifs is 2. The molecule has 0 fully saturated rings. The molecule has 0 saturated heterocycles. The molecular weight excluding hydrogens is 370 g/mol. The Labute approximate surface area is 146 Å². The Hall–Kier alpha value is -2.40. The van der Waals surface area contributed by atoms with Crippen LogP contribution in [0.2, 0.25) is 0 Å². The molecule has 24 heavy (non-hydrogen) atoms. The minimum atomic E-state index is -0.411. The van der Waals surface area contributed by atoms with Gasteiger partial charge >= 0.3 is 0 Å². The minimum absolute atomic E-state index is 0.135. The summed E-state index contributed by atoms with van der Waals surface area (Å²) in [6.45, 7) is 2.40. The van der Waals surface area contributed by atoms with Gasteiger partial charge in [-0.1, -0.05) is 40.2 Å². The number of hydrogen-bond donors (Lipinski definition) is 0. The van der Waals surface area contributed by atoms with Crippen LogP contribution in [0.25, 0.3) is 11.0 Å². The molecule has 0 aliphatic carbocycles. The van der Waals surface area contributed by atoms with Gasteiger partial charge in [0.25, 0.3) is 5.91 Å². The lowest BCUT2D eigenvalue weighted by molar-refractivity contribution is 0.0738. The van der Waals surface area contributed by atoms with E-state index in [0.717, 1.165) is 10.0 Å². The third-order valence-electron chi connectivity index (χ3n) is 4.40. The van der Waals surface area contributed by atoms with Crippen molar-refractivity contribution in [2.75, 3.05) is 6.54 Å². The Bertz CT molecular complexity index is 1010. The molecule has 0 radical (unpaired) electrons. The first kappa shape index (κ1) is 15.1. The van der Waals surface area contributed by atoms with E-state index in [1.807, 2.05) is 31.2 Å². The predicted octanol–water partition coefficient (Wildman–Crippen LogP) is 4.12. The Morgan fingerprint density at radius 2 is 1.79 bits per heavy atom. The highest BCUT2D eigenvalue weighted by Gasteiger charge is 2.41. The lowest BCUT2D eigenvalue weighted by Crippen LogP contribution is -2.29. The highest BCUT2D eigenvalue weighted by Crippen LogP contribution is 2.38. The van der Waals surface area contributed by atoms with E-state index in [9.17, 15) is 9.59 Å². The van der Waals surface area contributed by atoms with Crippen molar-refractivity contribution >= 4 is 32.8 Å². The van der Waals surface area contributed by atoms with Crippen molar-refractivity contribution in [3.8, 4) is 0 Å². The highest BCUT2D eigenvalue weighted by atomic mass is 79.9. The molecule has 2 heterocycles. The van der Waals surface area contributed by atoms with Crippen LogP contribution in [0.15, 0.2) is 62.2 Å². The lowest BCUT2D eigenvalue weighted by atomic mass is 9.98. The normalized spacial score (nSPS) is 16.7. The summed E-state index contributed by atoms with van der Waals surface area (Å²) in [6.07, 6.45) is 0. The first-order valence-corrected chi connectivity index (χ1v) is 8.53. The number of halogens is 1. The van der Waals surface area contributed by atoms with Crippen LogP contribution in [0, 0.1) is 0 Å². The van der Waals surface area contributed by atoms with Gasteiger partial charge in [-0.15, -0.1) is 0 Å². The summed E-state index contributed by atoms with van der Waals surface area (Å²) in [7, 11) is 0. The van der Waals surface area contributed by atoms with Crippen molar-refractivity contribution < 1.29 is 9.21 Å². The van der Waals surface area contributed by atoms with Gasteiger partial charge in [0.2, 0.25) is 5.76 Å². The monoisotopic (exact) mass is 383 g/mol. The number of nitrogens with zero attached hydrogens (tertiary/aromatic N) is 1. The zero-order valence-electron chi connectivity index (χ0n) is 13.0. The van der Waals surface area contributed by atoms with E-state index in [-0.39, 0.29) is 17.1 Å². The number of amides is 1. The van der Waals surface area contributed by atoms with Crippen molar-refractivity contribution in [1.29, 1.82) is 0 Å². The van der Waals surface area contributed by atoms with E-state index in [1.54, 1.807) is 29.2 Å². The van der Waals surface area contributed by atoms with E-state index in [0.29, 0.717) is 23.1 Å². The van der Waals surface area contributed by atoms with Crippen LogP contribution < -0.4 is 5.43 Å². The molecule has 0 saturated carbocycles. The molecule has 1 amide bonds. The Kier molecular flexibility index (Phi) is 3.53. The molecule has 1 aromatic heterocycles. The molecule has 0 unspecified atom stereocenters. The molecule has 2 aromatic carbocycles. The maximum atomic E-state index is 13.0. The molecule has 5 heteroatoms. The molecule has 1 atom stereocenters. The first-order chi connectivity index (χ1) is 11.6. The van der Waals surface area contributed by atoms with Gasteiger partial charge in [0.1, 0.15) is 5.58 Å². The third kappa shape index (κ3) is 2.12. The van der Waals surface area contributed by atoms with Gasteiger partial charge in [0.05, 0.1) is 17.0 Å². The number of benzene rings is 2. The van der Waals surface area contributed by atoms with Gasteiger partial charge < -0.3 is 9.32 Å². The maximum Gasteiger partial charge on any atom is 0.290 e. The summed E-state index contributed by atoms with van der Waals surface area (Å²) in [5.74, 6) is -0.0725. The highest BCUT2D eigenvalue weighted by molar-refractivity contribution is 9.10. The van der Waals surface area contributed by atoms with Gasteiger partial charge in [0.15, 0.2) is 5.43 Å². The maximum absolute atomic E-state index is 13.0. The summed E-state index contributed by atoms with van der Waals surface area (Å²) < 4.78 is 6.75. The fraction of sp³-hybridized carbons (Fsp3) is 0.158. The average Bonchev–Trinajstić information content (AvgIpc) is 2.88. The van der Waals surface area contributed by atoms with E-state index in [1.165, 1.54) is 0 Å². The van der Waals surface area contributed by atoms with Crippen molar-refractivity contribution in [3.63, 3.8) is 0 Å². The van der Waals surface area contributed by atoms with Gasteiger partial charge in [-0.3, -0.25) is 9.59 Å². The van der Waals surface area contributed by atoms with Crippen molar-refractivity contribution in [3.05, 3.63) is 80.1 Å². The average molecular weight is 384 g/mol. The number of para-hydroxylation sites is 1. The fourth-order valence-corrected chi connectivity index (χ4v) is 3.55. The summed E-state index contributed by atoms with van der Waals surface area (Å²) in [5.41, 5.74) is 1.64. The Balaban J connectivity index is 2.03. The molecule has 4 nitrogen and oxygen atoms in total. The van der Waals surface area contributed by atoms with Gasteiger partial charge in [-0.25, -0.2) is 0 Å². The lowest BCUT2D eigenvalue weighted by Gasteiger charge is -2.23.